The number of hydrogen-bond acceptors (Lipinski definition) is 3. The van der Waals surface area contributed by atoms with Gasteiger partial charge in [-0.1, -0.05) is 25.1 Å². The molecule has 0 radical (unpaired) electrons. The van der Waals surface area contributed by atoms with Gasteiger partial charge < -0.3 is 4.57 Å². The Labute approximate surface area is 99.4 Å². The van der Waals surface area contributed by atoms with Gasteiger partial charge in [0, 0.05) is 12.4 Å². The van der Waals surface area contributed by atoms with E-state index in [2.05, 4.69) is 0 Å². The summed E-state index contributed by atoms with van der Waals surface area (Å²) in [5, 5.41) is 1.26. The van der Waals surface area contributed by atoms with Crippen LogP contribution in [0.15, 0.2) is 40.2 Å². The molecule has 5 heteroatoms. The van der Waals surface area contributed by atoms with Crippen molar-refractivity contribution in [1.29, 1.82) is 0 Å². The van der Waals surface area contributed by atoms with Gasteiger partial charge >= 0.3 is 0 Å². The van der Waals surface area contributed by atoms with Crippen LogP contribution >= 0.6 is 0 Å². The van der Waals surface area contributed by atoms with Gasteiger partial charge in [-0.2, -0.15) is 0 Å². The van der Waals surface area contributed by atoms with E-state index in [1.807, 2.05) is 0 Å². The first-order chi connectivity index (χ1) is 7.97. The molecule has 2 rings (SSSR count). The zero-order valence-corrected chi connectivity index (χ0v) is 10.5. The molecule has 0 saturated carbocycles. The molecular weight excluding hydrogens is 238 g/mol. The molecule has 0 saturated heterocycles. The second-order valence-electron chi connectivity index (χ2n) is 3.84. The molecular formula is C12H13NO3S. The Morgan fingerprint density at radius 3 is 2.53 bits per heavy atom. The largest absolute Gasteiger partial charge is 0.302 e. The first-order valence-electron chi connectivity index (χ1n) is 5.29. The third-order valence-corrected chi connectivity index (χ3v) is 4.59. The van der Waals surface area contributed by atoms with Gasteiger partial charge in [0.1, 0.15) is 5.03 Å². The molecule has 0 unspecified atom stereocenters. The number of sulfone groups is 1. The van der Waals surface area contributed by atoms with Gasteiger partial charge in [-0.25, -0.2) is 8.42 Å². The van der Waals surface area contributed by atoms with Crippen LogP contribution < -0.4 is 5.56 Å². The van der Waals surface area contributed by atoms with Crippen LogP contribution in [0.1, 0.15) is 6.92 Å². The summed E-state index contributed by atoms with van der Waals surface area (Å²) in [6, 6.07) is 8.53. The lowest BCUT2D eigenvalue weighted by Crippen LogP contribution is -2.23. The second-order valence-corrected chi connectivity index (χ2v) is 6.06. The number of nitrogens with zero attached hydrogens (tertiary/aromatic N) is 1. The van der Waals surface area contributed by atoms with Gasteiger partial charge in [-0.15, -0.1) is 0 Å². The number of rotatable bonds is 2. The molecule has 1 aromatic carbocycles. The normalized spacial score (nSPS) is 11.9. The highest BCUT2D eigenvalue weighted by atomic mass is 32.2. The Morgan fingerprint density at radius 2 is 1.88 bits per heavy atom. The van der Waals surface area contributed by atoms with Crippen molar-refractivity contribution >= 4 is 20.6 Å². The van der Waals surface area contributed by atoms with Crippen LogP contribution in [0.4, 0.5) is 0 Å². The summed E-state index contributed by atoms with van der Waals surface area (Å²) in [6.07, 6.45) is 0. The maximum absolute atomic E-state index is 12.0. The molecule has 0 aliphatic rings. The lowest BCUT2D eigenvalue weighted by atomic mass is 10.2. The van der Waals surface area contributed by atoms with Gasteiger partial charge in [0.05, 0.1) is 5.75 Å². The number of pyridine rings is 1. The molecule has 0 aliphatic carbocycles. The van der Waals surface area contributed by atoms with E-state index in [0.29, 0.717) is 10.8 Å². The number of aromatic nitrogens is 1. The summed E-state index contributed by atoms with van der Waals surface area (Å²) in [4.78, 5) is 12.0. The van der Waals surface area contributed by atoms with Gasteiger partial charge in [0.2, 0.25) is 0 Å². The minimum atomic E-state index is -3.38. The molecule has 0 bridgehead atoms. The van der Waals surface area contributed by atoms with Crippen molar-refractivity contribution in [1.82, 2.24) is 4.57 Å². The molecule has 4 nitrogen and oxygen atoms in total. The summed E-state index contributed by atoms with van der Waals surface area (Å²) >= 11 is 0. The average molecular weight is 251 g/mol. The fourth-order valence-electron chi connectivity index (χ4n) is 1.77. The van der Waals surface area contributed by atoms with Gasteiger partial charge in [0.15, 0.2) is 9.84 Å². The fourth-order valence-corrected chi connectivity index (χ4v) is 2.88. The summed E-state index contributed by atoms with van der Waals surface area (Å²) in [7, 11) is -1.90. The van der Waals surface area contributed by atoms with E-state index >= 15 is 0 Å². The van der Waals surface area contributed by atoms with Crippen LogP contribution in [0, 0.1) is 0 Å². The lowest BCUT2D eigenvalue weighted by molar-refractivity contribution is 0.583. The number of fused-ring (bicyclic) bond motifs is 1. The lowest BCUT2D eigenvalue weighted by Gasteiger charge is -2.09. The second kappa shape index (κ2) is 4.00. The van der Waals surface area contributed by atoms with Crippen molar-refractivity contribution in [2.24, 2.45) is 7.05 Å². The van der Waals surface area contributed by atoms with Crippen LogP contribution in [0.3, 0.4) is 0 Å². The highest BCUT2D eigenvalue weighted by Crippen LogP contribution is 2.15. The summed E-state index contributed by atoms with van der Waals surface area (Å²) in [5.41, 5.74) is -0.282. The van der Waals surface area contributed by atoms with Gasteiger partial charge in [0.25, 0.3) is 5.56 Å². The minimum Gasteiger partial charge on any atom is -0.302 e. The average Bonchev–Trinajstić information content (AvgIpc) is 2.33. The zero-order valence-electron chi connectivity index (χ0n) is 9.67. The van der Waals surface area contributed by atoms with E-state index in [0.717, 1.165) is 0 Å². The van der Waals surface area contributed by atoms with Crippen molar-refractivity contribution < 1.29 is 8.42 Å². The number of benzene rings is 1. The Morgan fingerprint density at radius 1 is 1.24 bits per heavy atom. The quantitative estimate of drug-likeness (QED) is 0.809. The molecule has 0 fully saturated rings. The Kier molecular flexibility index (Phi) is 2.79. The van der Waals surface area contributed by atoms with Crippen LogP contribution in [0.2, 0.25) is 0 Å². The predicted octanol–water partition coefficient (Wildman–Crippen LogP) is 1.33. The molecule has 0 N–H and O–H groups in total. The molecule has 90 valence electrons. The smallest absolute Gasteiger partial charge is 0.259 e. The van der Waals surface area contributed by atoms with E-state index in [1.165, 1.54) is 11.6 Å². The first kappa shape index (κ1) is 11.9. The summed E-state index contributed by atoms with van der Waals surface area (Å²) in [6.45, 7) is 1.56. The standard InChI is InChI=1S/C12H13NO3S/c1-3-17(15,16)11-8-9-6-4-5-7-10(9)12(14)13(11)2/h4-8H,3H2,1-2H3. The van der Waals surface area contributed by atoms with Gasteiger partial charge in [-0.3, -0.25) is 4.79 Å². The minimum absolute atomic E-state index is 0.0153. The molecule has 0 atom stereocenters. The maximum atomic E-state index is 12.0. The van der Waals surface area contributed by atoms with E-state index < -0.39 is 9.84 Å². The molecule has 17 heavy (non-hydrogen) atoms. The number of hydrogen-bond donors (Lipinski definition) is 0. The van der Waals surface area contributed by atoms with E-state index in [9.17, 15) is 13.2 Å². The topological polar surface area (TPSA) is 56.1 Å². The molecule has 1 aromatic heterocycles. The van der Waals surface area contributed by atoms with Crippen LogP contribution in [0.25, 0.3) is 10.8 Å². The molecule has 0 aliphatic heterocycles. The summed E-state index contributed by atoms with van der Waals surface area (Å²) < 4.78 is 24.9. The van der Waals surface area contributed by atoms with Crippen molar-refractivity contribution in [2.45, 2.75) is 11.9 Å². The molecule has 0 amide bonds. The Balaban J connectivity index is 2.94. The third kappa shape index (κ3) is 1.86. The SMILES string of the molecule is CCS(=O)(=O)c1cc2ccccc2c(=O)n1C. The van der Waals surface area contributed by atoms with Crippen molar-refractivity contribution in [2.75, 3.05) is 5.75 Å². The van der Waals surface area contributed by atoms with Crippen molar-refractivity contribution in [3.8, 4) is 0 Å². The molecule has 0 spiro atoms. The van der Waals surface area contributed by atoms with Crippen molar-refractivity contribution in [3.63, 3.8) is 0 Å². The third-order valence-electron chi connectivity index (χ3n) is 2.80. The Hall–Kier alpha value is -1.62. The fraction of sp³-hybridized carbons (Fsp3) is 0.250. The highest BCUT2D eigenvalue weighted by Gasteiger charge is 2.17. The Bertz CT molecular complexity index is 729. The van der Waals surface area contributed by atoms with E-state index in [-0.39, 0.29) is 16.3 Å². The zero-order chi connectivity index (χ0) is 12.6. The first-order valence-corrected chi connectivity index (χ1v) is 6.94. The monoisotopic (exact) mass is 251 g/mol. The van der Waals surface area contributed by atoms with Gasteiger partial charge in [-0.05, 0) is 17.5 Å². The van der Waals surface area contributed by atoms with Crippen molar-refractivity contribution in [3.05, 3.63) is 40.7 Å². The van der Waals surface area contributed by atoms with Crippen LogP contribution in [-0.2, 0) is 16.9 Å². The van der Waals surface area contributed by atoms with Crippen LogP contribution in [-0.4, -0.2) is 18.7 Å². The van der Waals surface area contributed by atoms with Crippen LogP contribution in [0.5, 0.6) is 0 Å². The molecule has 1 heterocycles. The summed E-state index contributed by atoms with van der Waals surface area (Å²) in [5.74, 6) is -0.0153. The van der Waals surface area contributed by atoms with E-state index in [4.69, 9.17) is 0 Å². The molecule has 2 aromatic rings. The maximum Gasteiger partial charge on any atom is 0.259 e. The highest BCUT2D eigenvalue weighted by molar-refractivity contribution is 7.91. The predicted molar refractivity (Wildman–Crippen MR) is 66.9 cm³/mol. The van der Waals surface area contributed by atoms with E-state index in [1.54, 1.807) is 37.3 Å².